The molecular formula is C13H10ClFN2O2S. The number of hydrazone groups is 1. The highest BCUT2D eigenvalue weighted by Crippen LogP contribution is 2.13. The van der Waals surface area contributed by atoms with E-state index in [0.717, 1.165) is 0 Å². The first-order valence-electron chi connectivity index (χ1n) is 5.53. The van der Waals surface area contributed by atoms with E-state index < -0.39 is 10.0 Å². The van der Waals surface area contributed by atoms with Gasteiger partial charge in [-0.25, -0.2) is 9.22 Å². The first-order valence-corrected chi connectivity index (χ1v) is 7.39. The van der Waals surface area contributed by atoms with Crippen molar-refractivity contribution in [3.8, 4) is 0 Å². The summed E-state index contributed by atoms with van der Waals surface area (Å²) in [6, 6.07) is 11.2. The highest BCUT2D eigenvalue weighted by molar-refractivity contribution is 7.89. The Hall–Kier alpha value is -1.92. The van der Waals surface area contributed by atoms with Crippen molar-refractivity contribution >= 4 is 27.8 Å². The zero-order valence-electron chi connectivity index (χ0n) is 10.1. The van der Waals surface area contributed by atoms with E-state index in [4.69, 9.17) is 11.6 Å². The Bertz CT molecular complexity index is 713. The van der Waals surface area contributed by atoms with Gasteiger partial charge in [-0.1, -0.05) is 23.7 Å². The predicted molar refractivity (Wildman–Crippen MR) is 75.8 cm³/mol. The zero-order valence-corrected chi connectivity index (χ0v) is 11.7. The quantitative estimate of drug-likeness (QED) is 0.697. The second-order valence-corrected chi connectivity index (χ2v) is 5.96. The number of hydrogen-bond donors (Lipinski definition) is 1. The maximum absolute atomic E-state index is 12.7. The van der Waals surface area contributed by atoms with Crippen molar-refractivity contribution in [2.24, 2.45) is 5.10 Å². The first-order chi connectivity index (χ1) is 9.47. The van der Waals surface area contributed by atoms with Crippen LogP contribution in [0.5, 0.6) is 0 Å². The monoisotopic (exact) mass is 312 g/mol. The van der Waals surface area contributed by atoms with E-state index in [9.17, 15) is 12.8 Å². The normalized spacial score (nSPS) is 11.7. The van der Waals surface area contributed by atoms with Crippen molar-refractivity contribution < 1.29 is 12.8 Å². The number of nitrogens with one attached hydrogen (secondary N) is 1. The minimum Gasteiger partial charge on any atom is -0.207 e. The third-order valence-corrected chi connectivity index (χ3v) is 3.87. The molecular weight excluding hydrogens is 303 g/mol. The maximum Gasteiger partial charge on any atom is 0.276 e. The molecule has 2 rings (SSSR count). The van der Waals surface area contributed by atoms with Gasteiger partial charge in [0.05, 0.1) is 11.1 Å². The second kappa shape index (κ2) is 6.02. The Kier molecular flexibility index (Phi) is 4.36. The number of sulfonamides is 1. The smallest absolute Gasteiger partial charge is 0.207 e. The van der Waals surface area contributed by atoms with E-state index in [1.165, 1.54) is 54.7 Å². The van der Waals surface area contributed by atoms with Gasteiger partial charge in [0.15, 0.2) is 0 Å². The third-order valence-electron chi connectivity index (χ3n) is 2.38. The molecule has 0 unspecified atom stereocenters. The van der Waals surface area contributed by atoms with E-state index >= 15 is 0 Å². The molecule has 0 heterocycles. The fourth-order valence-corrected chi connectivity index (χ4v) is 2.30. The van der Waals surface area contributed by atoms with Crippen LogP contribution < -0.4 is 4.83 Å². The molecule has 0 aliphatic heterocycles. The van der Waals surface area contributed by atoms with E-state index in [1.807, 2.05) is 0 Å². The number of hydrogen-bond acceptors (Lipinski definition) is 3. The summed E-state index contributed by atoms with van der Waals surface area (Å²) < 4.78 is 36.4. The van der Waals surface area contributed by atoms with Gasteiger partial charge in [-0.2, -0.15) is 13.5 Å². The highest BCUT2D eigenvalue weighted by atomic mass is 35.5. The number of benzene rings is 2. The number of nitrogens with zero attached hydrogens (tertiary/aromatic N) is 1. The summed E-state index contributed by atoms with van der Waals surface area (Å²) in [7, 11) is -3.74. The van der Waals surface area contributed by atoms with E-state index in [1.54, 1.807) is 0 Å². The third kappa shape index (κ3) is 3.79. The maximum atomic E-state index is 12.7. The van der Waals surface area contributed by atoms with Crippen LogP contribution >= 0.6 is 11.6 Å². The van der Waals surface area contributed by atoms with Crippen molar-refractivity contribution in [3.63, 3.8) is 0 Å². The molecule has 1 N–H and O–H groups in total. The molecule has 7 heteroatoms. The highest BCUT2D eigenvalue weighted by Gasteiger charge is 2.11. The van der Waals surface area contributed by atoms with Crippen LogP contribution in [-0.4, -0.2) is 14.6 Å². The molecule has 0 aliphatic rings. The molecule has 4 nitrogen and oxygen atoms in total. The first kappa shape index (κ1) is 14.5. The molecule has 2 aromatic carbocycles. The lowest BCUT2D eigenvalue weighted by Crippen LogP contribution is -2.18. The van der Waals surface area contributed by atoms with E-state index in [2.05, 4.69) is 9.93 Å². The van der Waals surface area contributed by atoms with Crippen molar-refractivity contribution in [1.29, 1.82) is 0 Å². The van der Waals surface area contributed by atoms with E-state index in [-0.39, 0.29) is 10.7 Å². The van der Waals surface area contributed by atoms with Crippen LogP contribution in [0.4, 0.5) is 4.39 Å². The van der Waals surface area contributed by atoms with Crippen LogP contribution in [0, 0.1) is 5.82 Å². The standard InChI is InChI=1S/C13H10ClFN2O2S/c14-11-3-7-13(8-4-11)20(18,19)17-16-9-10-1-5-12(15)6-2-10/h1-9,17H. The van der Waals surface area contributed by atoms with Crippen LogP contribution in [-0.2, 0) is 10.0 Å². The molecule has 0 aromatic heterocycles. The molecule has 0 aliphatic carbocycles. The summed E-state index contributed by atoms with van der Waals surface area (Å²) in [6.07, 6.45) is 1.28. The molecule has 2 aromatic rings. The van der Waals surface area contributed by atoms with Gasteiger partial charge in [0.2, 0.25) is 0 Å². The Labute approximate surface area is 120 Å². The molecule has 0 atom stereocenters. The summed E-state index contributed by atoms with van der Waals surface area (Å²) in [5.74, 6) is -0.371. The van der Waals surface area contributed by atoms with E-state index in [0.29, 0.717) is 10.6 Å². The lowest BCUT2D eigenvalue weighted by Gasteiger charge is -2.03. The number of halogens is 2. The van der Waals surface area contributed by atoms with Crippen LogP contribution in [0.2, 0.25) is 5.02 Å². The van der Waals surface area contributed by atoms with Crippen molar-refractivity contribution in [1.82, 2.24) is 4.83 Å². The van der Waals surface area contributed by atoms with Crippen molar-refractivity contribution in [2.75, 3.05) is 0 Å². The van der Waals surface area contributed by atoms with Crippen LogP contribution in [0.25, 0.3) is 0 Å². The van der Waals surface area contributed by atoms with Crippen molar-refractivity contribution in [3.05, 3.63) is 64.9 Å². The van der Waals surface area contributed by atoms with Crippen LogP contribution in [0.15, 0.2) is 58.5 Å². The van der Waals surface area contributed by atoms with Gasteiger partial charge in [0, 0.05) is 5.02 Å². The predicted octanol–water partition coefficient (Wildman–Crippen LogP) is 2.79. The molecule has 20 heavy (non-hydrogen) atoms. The fourth-order valence-electron chi connectivity index (χ4n) is 1.39. The fraction of sp³-hybridized carbons (Fsp3) is 0. The van der Waals surface area contributed by atoms with Crippen molar-refractivity contribution in [2.45, 2.75) is 4.90 Å². The molecule has 0 bridgehead atoms. The molecule has 0 saturated heterocycles. The van der Waals surface area contributed by atoms with Crippen LogP contribution in [0.1, 0.15) is 5.56 Å². The van der Waals surface area contributed by atoms with Gasteiger partial charge in [-0.3, -0.25) is 0 Å². The van der Waals surface area contributed by atoms with Gasteiger partial charge in [-0.15, -0.1) is 0 Å². The molecule has 0 saturated carbocycles. The second-order valence-electron chi connectivity index (χ2n) is 3.86. The van der Waals surface area contributed by atoms with Gasteiger partial charge >= 0.3 is 0 Å². The Balaban J connectivity index is 2.09. The lowest BCUT2D eigenvalue weighted by atomic mass is 10.2. The summed E-state index contributed by atoms with van der Waals surface area (Å²) in [5, 5.41) is 4.07. The number of rotatable bonds is 4. The van der Waals surface area contributed by atoms with Gasteiger partial charge in [0.25, 0.3) is 10.0 Å². The Morgan fingerprint density at radius 3 is 2.25 bits per heavy atom. The molecule has 104 valence electrons. The average molecular weight is 313 g/mol. The summed E-state index contributed by atoms with van der Waals surface area (Å²) in [6.45, 7) is 0. The topological polar surface area (TPSA) is 58.5 Å². The Morgan fingerprint density at radius 2 is 1.65 bits per heavy atom. The SMILES string of the molecule is O=S(=O)(NN=Cc1ccc(F)cc1)c1ccc(Cl)cc1. The van der Waals surface area contributed by atoms with Crippen LogP contribution in [0.3, 0.4) is 0 Å². The van der Waals surface area contributed by atoms with Gasteiger partial charge in [0.1, 0.15) is 5.82 Å². The summed E-state index contributed by atoms with van der Waals surface area (Å²) >= 11 is 5.68. The van der Waals surface area contributed by atoms with Gasteiger partial charge < -0.3 is 0 Å². The van der Waals surface area contributed by atoms with Gasteiger partial charge in [-0.05, 0) is 42.0 Å². The molecule has 0 fully saturated rings. The Morgan fingerprint density at radius 1 is 1.05 bits per heavy atom. The largest absolute Gasteiger partial charge is 0.276 e. The molecule has 0 amide bonds. The minimum absolute atomic E-state index is 0.0538. The molecule has 0 spiro atoms. The zero-order chi connectivity index (χ0) is 14.6. The summed E-state index contributed by atoms with van der Waals surface area (Å²) in [5.41, 5.74) is 0.574. The summed E-state index contributed by atoms with van der Waals surface area (Å²) in [4.78, 5) is 2.12. The molecule has 0 radical (unpaired) electrons. The average Bonchev–Trinajstić information content (AvgIpc) is 2.41. The lowest BCUT2D eigenvalue weighted by molar-refractivity contribution is 0.584. The minimum atomic E-state index is -3.74.